The number of hydrogen-bond donors (Lipinski definition) is 2. The van der Waals surface area contributed by atoms with Crippen molar-refractivity contribution in [1.82, 2.24) is 5.43 Å². The number of esters is 1. The zero-order chi connectivity index (χ0) is 22.9. The van der Waals surface area contributed by atoms with E-state index < -0.39 is 17.8 Å². The third kappa shape index (κ3) is 6.36. The summed E-state index contributed by atoms with van der Waals surface area (Å²) in [6, 6.07) is 20.7. The fourth-order valence-corrected chi connectivity index (χ4v) is 3.09. The minimum atomic E-state index is -0.889. The zero-order valence-electron chi connectivity index (χ0n) is 17.2. The Kier molecular flexibility index (Phi) is 7.88. The maximum absolute atomic E-state index is 12.2. The molecule has 0 saturated carbocycles. The molecule has 0 aliphatic heterocycles. The summed E-state index contributed by atoms with van der Waals surface area (Å²) >= 11 is 3.32. The summed E-state index contributed by atoms with van der Waals surface area (Å²) in [4.78, 5) is 36.1. The highest BCUT2D eigenvalue weighted by Gasteiger charge is 2.13. The van der Waals surface area contributed by atoms with Crippen LogP contribution in [0.25, 0.3) is 0 Å². The summed E-state index contributed by atoms with van der Waals surface area (Å²) in [5.74, 6) is -1.83. The molecule has 0 unspecified atom stereocenters. The van der Waals surface area contributed by atoms with E-state index in [1.54, 1.807) is 60.7 Å². The van der Waals surface area contributed by atoms with Crippen LogP contribution in [0.2, 0.25) is 0 Å². The first-order chi connectivity index (χ1) is 15.5. The predicted octanol–water partition coefficient (Wildman–Crippen LogP) is 4.32. The van der Waals surface area contributed by atoms with Gasteiger partial charge in [-0.1, -0.05) is 31.2 Å². The third-order valence-corrected chi connectivity index (χ3v) is 5.08. The molecule has 0 fully saturated rings. The number of nitrogens with one attached hydrogen (secondary N) is 2. The van der Waals surface area contributed by atoms with E-state index in [2.05, 4.69) is 31.8 Å². The first-order valence-corrected chi connectivity index (χ1v) is 10.6. The van der Waals surface area contributed by atoms with Crippen LogP contribution in [0.5, 0.6) is 5.75 Å². The van der Waals surface area contributed by atoms with Gasteiger partial charge in [-0.25, -0.2) is 10.2 Å². The molecule has 0 aliphatic rings. The van der Waals surface area contributed by atoms with Crippen LogP contribution in [-0.4, -0.2) is 24.0 Å². The van der Waals surface area contributed by atoms with Crippen molar-refractivity contribution in [2.45, 2.75) is 13.3 Å². The molecule has 32 heavy (non-hydrogen) atoms. The van der Waals surface area contributed by atoms with Crippen LogP contribution >= 0.6 is 15.9 Å². The Hall–Kier alpha value is -3.78. The summed E-state index contributed by atoms with van der Waals surface area (Å²) in [7, 11) is 0. The lowest BCUT2D eigenvalue weighted by Crippen LogP contribution is -2.32. The van der Waals surface area contributed by atoms with Gasteiger partial charge < -0.3 is 10.1 Å². The smallest absolute Gasteiger partial charge is 0.344 e. The monoisotopic (exact) mass is 493 g/mol. The minimum Gasteiger partial charge on any atom is -0.423 e. The van der Waals surface area contributed by atoms with Crippen LogP contribution in [0.4, 0.5) is 5.69 Å². The Morgan fingerprint density at radius 1 is 0.938 bits per heavy atom. The lowest BCUT2D eigenvalue weighted by Gasteiger charge is -2.06. The summed E-state index contributed by atoms with van der Waals surface area (Å²) in [5, 5.41) is 6.29. The van der Waals surface area contributed by atoms with Gasteiger partial charge in [-0.05, 0) is 82.0 Å². The van der Waals surface area contributed by atoms with Gasteiger partial charge in [-0.2, -0.15) is 5.10 Å². The molecule has 0 heterocycles. The molecule has 8 heteroatoms. The summed E-state index contributed by atoms with van der Waals surface area (Å²) in [6.45, 7) is 2.03. The molecule has 2 amide bonds. The molecule has 0 aromatic heterocycles. The highest BCUT2D eigenvalue weighted by Crippen LogP contribution is 2.19. The van der Waals surface area contributed by atoms with E-state index in [4.69, 9.17) is 4.74 Å². The van der Waals surface area contributed by atoms with Crippen LogP contribution in [0, 0.1) is 0 Å². The van der Waals surface area contributed by atoms with Gasteiger partial charge in [0.2, 0.25) is 0 Å². The molecule has 3 aromatic carbocycles. The van der Waals surface area contributed by atoms with Gasteiger partial charge in [0, 0.05) is 10.2 Å². The number of hydrazone groups is 1. The Balaban J connectivity index is 1.50. The number of halogens is 1. The number of amides is 2. The van der Waals surface area contributed by atoms with Gasteiger partial charge in [-0.3, -0.25) is 9.59 Å². The van der Waals surface area contributed by atoms with Crippen molar-refractivity contribution in [3.63, 3.8) is 0 Å². The third-order valence-electron chi connectivity index (χ3n) is 4.39. The number of ether oxygens (including phenoxy) is 1. The van der Waals surface area contributed by atoms with Crippen LogP contribution in [0.1, 0.15) is 28.4 Å². The summed E-state index contributed by atoms with van der Waals surface area (Å²) < 4.78 is 5.99. The van der Waals surface area contributed by atoms with Crippen LogP contribution in [0.15, 0.2) is 82.4 Å². The maximum atomic E-state index is 12.2. The molecule has 0 radical (unpaired) electrons. The van der Waals surface area contributed by atoms with Crippen molar-refractivity contribution in [1.29, 1.82) is 0 Å². The number of aryl methyl sites for hydroxylation is 1. The number of anilines is 1. The molecular formula is C24H20BrN3O4. The maximum Gasteiger partial charge on any atom is 0.344 e. The summed E-state index contributed by atoms with van der Waals surface area (Å²) in [6.07, 6.45) is 2.26. The molecule has 0 atom stereocenters. The zero-order valence-corrected chi connectivity index (χ0v) is 18.8. The van der Waals surface area contributed by atoms with Crippen LogP contribution in [-0.2, 0) is 16.0 Å². The van der Waals surface area contributed by atoms with Crippen molar-refractivity contribution >= 4 is 45.6 Å². The van der Waals surface area contributed by atoms with E-state index in [9.17, 15) is 14.4 Å². The van der Waals surface area contributed by atoms with E-state index in [0.717, 1.165) is 12.0 Å². The van der Waals surface area contributed by atoms with Gasteiger partial charge in [0.15, 0.2) is 0 Å². The lowest BCUT2D eigenvalue weighted by atomic mass is 10.1. The van der Waals surface area contributed by atoms with Crippen LogP contribution in [0.3, 0.4) is 0 Å². The van der Waals surface area contributed by atoms with Gasteiger partial charge in [0.05, 0.1) is 11.8 Å². The topological polar surface area (TPSA) is 96.9 Å². The molecular weight excluding hydrogens is 474 g/mol. The Bertz CT molecular complexity index is 1140. The largest absolute Gasteiger partial charge is 0.423 e. The number of nitrogens with zero attached hydrogens (tertiary/aromatic N) is 1. The Labute approximate surface area is 193 Å². The van der Waals surface area contributed by atoms with E-state index in [-0.39, 0.29) is 0 Å². The second-order valence-corrected chi connectivity index (χ2v) is 7.50. The fourth-order valence-electron chi connectivity index (χ4n) is 2.64. The molecule has 0 bridgehead atoms. The Morgan fingerprint density at radius 2 is 1.62 bits per heavy atom. The normalized spacial score (nSPS) is 10.6. The van der Waals surface area contributed by atoms with Crippen molar-refractivity contribution in [2.24, 2.45) is 5.10 Å². The van der Waals surface area contributed by atoms with E-state index in [0.29, 0.717) is 27.0 Å². The molecule has 3 rings (SSSR count). The quantitative estimate of drug-likeness (QED) is 0.175. The van der Waals surface area contributed by atoms with Crippen molar-refractivity contribution in [3.05, 3.63) is 94.0 Å². The van der Waals surface area contributed by atoms with Gasteiger partial charge >= 0.3 is 17.8 Å². The average Bonchev–Trinajstić information content (AvgIpc) is 2.80. The standard InChI is InChI=1S/C24H20BrN3O4/c1-2-16-7-11-18(12-8-16)27-22(29)23(30)28-26-15-17-9-13-19(14-10-17)32-24(31)20-5-3-4-6-21(20)25/h3-15H,2H2,1H3,(H,27,29)(H,28,30). The molecule has 3 aromatic rings. The highest BCUT2D eigenvalue weighted by atomic mass is 79.9. The van der Waals surface area contributed by atoms with E-state index in [1.165, 1.54) is 6.21 Å². The predicted molar refractivity (Wildman–Crippen MR) is 126 cm³/mol. The Morgan fingerprint density at radius 3 is 2.28 bits per heavy atom. The van der Waals surface area contributed by atoms with Crippen molar-refractivity contribution < 1.29 is 19.1 Å². The number of carbonyl (C=O) groups is 3. The van der Waals surface area contributed by atoms with Gasteiger partial charge in [0.25, 0.3) is 0 Å². The molecule has 162 valence electrons. The van der Waals surface area contributed by atoms with Crippen molar-refractivity contribution in [3.8, 4) is 5.75 Å². The molecule has 0 saturated heterocycles. The number of benzene rings is 3. The van der Waals surface area contributed by atoms with E-state index >= 15 is 0 Å². The van der Waals surface area contributed by atoms with Gasteiger partial charge in [0.1, 0.15) is 5.75 Å². The average molecular weight is 494 g/mol. The second-order valence-electron chi connectivity index (χ2n) is 6.64. The van der Waals surface area contributed by atoms with Crippen molar-refractivity contribution in [2.75, 3.05) is 5.32 Å². The van der Waals surface area contributed by atoms with E-state index in [1.807, 2.05) is 19.1 Å². The molecule has 0 spiro atoms. The molecule has 2 N–H and O–H groups in total. The second kappa shape index (κ2) is 11.0. The molecule has 7 nitrogen and oxygen atoms in total. The van der Waals surface area contributed by atoms with Gasteiger partial charge in [-0.15, -0.1) is 0 Å². The first kappa shape index (κ1) is 22.9. The highest BCUT2D eigenvalue weighted by molar-refractivity contribution is 9.10. The molecule has 0 aliphatic carbocycles. The number of hydrogen-bond acceptors (Lipinski definition) is 5. The lowest BCUT2D eigenvalue weighted by molar-refractivity contribution is -0.136. The first-order valence-electron chi connectivity index (χ1n) is 9.76. The summed E-state index contributed by atoms with van der Waals surface area (Å²) in [5.41, 5.74) is 4.89. The minimum absolute atomic E-state index is 0.361. The number of rotatable bonds is 6. The SMILES string of the molecule is CCc1ccc(NC(=O)C(=O)NN=Cc2ccc(OC(=O)c3ccccc3Br)cc2)cc1. The number of carbonyl (C=O) groups excluding carboxylic acids is 3. The van der Waals surface area contributed by atoms with Crippen LogP contribution < -0.4 is 15.5 Å². The fraction of sp³-hybridized carbons (Fsp3) is 0.0833.